The summed E-state index contributed by atoms with van der Waals surface area (Å²) in [6.45, 7) is 4.47. The van der Waals surface area contributed by atoms with E-state index in [1.54, 1.807) is 0 Å². The molecule has 0 N–H and O–H groups in total. The first-order valence-electron chi connectivity index (χ1n) is 5.77. The molecule has 0 atom stereocenters. The van der Waals surface area contributed by atoms with Gasteiger partial charge in [0.25, 0.3) is 0 Å². The first kappa shape index (κ1) is 14.1. The number of hydrogen-bond donors (Lipinski definition) is 0. The lowest BCUT2D eigenvalue weighted by Gasteiger charge is -2.26. The Morgan fingerprint density at radius 2 is 1.72 bits per heavy atom. The third-order valence-electron chi connectivity index (χ3n) is 2.92. The monoisotopic (exact) mass is 289 g/mol. The summed E-state index contributed by atoms with van der Waals surface area (Å²) < 4.78 is 14.4. The van der Waals surface area contributed by atoms with E-state index in [4.69, 9.17) is 28.5 Å². The van der Waals surface area contributed by atoms with Crippen LogP contribution >= 0.6 is 23.7 Å². The summed E-state index contributed by atoms with van der Waals surface area (Å²) >= 11 is 10.5. The Kier molecular flexibility index (Phi) is 5.75. The van der Waals surface area contributed by atoms with Gasteiger partial charge in [-0.2, -0.15) is 0 Å². The fraction of sp³-hybridized carbons (Fsp3) is 0.455. The molecule has 0 unspecified atom stereocenters. The molecule has 0 aromatic heterocycles. The van der Waals surface area contributed by atoms with Crippen LogP contribution in [0, 0.1) is 0 Å². The largest absolute Gasteiger partial charge is 0.527 e. The van der Waals surface area contributed by atoms with Crippen LogP contribution < -0.4 is 5.46 Å². The Morgan fingerprint density at radius 3 is 2.28 bits per heavy atom. The van der Waals surface area contributed by atoms with E-state index < -0.39 is 7.12 Å². The van der Waals surface area contributed by atoms with Crippen molar-refractivity contribution in [2.75, 3.05) is 26.3 Å². The normalized spacial score (nSPS) is 16.8. The Hall–Kier alpha value is -0.295. The molecule has 98 valence electrons. The second kappa shape index (κ2) is 7.33. The summed E-state index contributed by atoms with van der Waals surface area (Å²) in [5, 5.41) is 0. The first-order valence-corrected chi connectivity index (χ1v) is 6.39. The molecule has 1 saturated heterocycles. The van der Waals surface area contributed by atoms with Gasteiger partial charge in [-0.05, 0) is 11.0 Å². The van der Waals surface area contributed by atoms with Gasteiger partial charge in [-0.3, -0.25) is 4.90 Å². The highest BCUT2D eigenvalue weighted by molar-refractivity contribution is 6.67. The number of rotatable bonds is 5. The van der Waals surface area contributed by atoms with Crippen LogP contribution in [0.1, 0.15) is 5.56 Å². The Balaban J connectivity index is 1.94. The minimum absolute atomic E-state index is 0.745. The molecule has 1 aliphatic heterocycles. The second-order valence-electron chi connectivity index (χ2n) is 4.14. The lowest BCUT2D eigenvalue weighted by molar-refractivity contribution is 0.0342. The van der Waals surface area contributed by atoms with E-state index in [0.29, 0.717) is 0 Å². The molecule has 4 nitrogen and oxygen atoms in total. The summed E-state index contributed by atoms with van der Waals surface area (Å²) in [6, 6.07) is 7.82. The van der Waals surface area contributed by atoms with Gasteiger partial charge in [0.2, 0.25) is 0 Å². The van der Waals surface area contributed by atoms with Crippen molar-refractivity contribution >= 4 is 36.3 Å². The van der Waals surface area contributed by atoms with Gasteiger partial charge in [-0.25, -0.2) is 0 Å². The smallest absolute Gasteiger partial charge is 0.379 e. The molecule has 1 fully saturated rings. The molecule has 7 heteroatoms. The summed E-state index contributed by atoms with van der Waals surface area (Å²) in [5.41, 5.74) is 2.01. The van der Waals surface area contributed by atoms with Gasteiger partial charge in [0.1, 0.15) is 0 Å². The van der Waals surface area contributed by atoms with Crippen LogP contribution in [-0.4, -0.2) is 38.3 Å². The van der Waals surface area contributed by atoms with Crippen LogP contribution in [0.4, 0.5) is 0 Å². The van der Waals surface area contributed by atoms with Crippen molar-refractivity contribution in [3.8, 4) is 0 Å². The third kappa shape index (κ3) is 3.85. The average Bonchev–Trinajstić information content (AvgIpc) is 2.43. The topological polar surface area (TPSA) is 30.9 Å². The van der Waals surface area contributed by atoms with Crippen LogP contribution in [0.25, 0.3) is 0 Å². The minimum atomic E-state index is -0.745. The lowest BCUT2D eigenvalue weighted by Crippen LogP contribution is -2.36. The van der Waals surface area contributed by atoms with Crippen molar-refractivity contribution in [2.45, 2.75) is 6.54 Å². The molecule has 1 aromatic carbocycles. The highest BCUT2D eigenvalue weighted by Crippen LogP contribution is 2.07. The van der Waals surface area contributed by atoms with Crippen molar-refractivity contribution < 1.29 is 13.2 Å². The maximum absolute atomic E-state index is 5.31. The Morgan fingerprint density at radius 1 is 1.11 bits per heavy atom. The quantitative estimate of drug-likeness (QED) is 0.770. The van der Waals surface area contributed by atoms with Crippen molar-refractivity contribution in [1.82, 2.24) is 4.90 Å². The van der Waals surface area contributed by atoms with Crippen LogP contribution in [-0.2, 0) is 19.7 Å². The number of halogens is 2. The summed E-state index contributed by atoms with van der Waals surface area (Å²) in [5.74, 6) is 0. The number of nitrogens with zero attached hydrogens (tertiary/aromatic N) is 1. The van der Waals surface area contributed by atoms with Gasteiger partial charge in [0.05, 0.1) is 13.2 Å². The van der Waals surface area contributed by atoms with Crippen molar-refractivity contribution in [3.05, 3.63) is 29.8 Å². The standard InChI is InChI=1S/C11H14BCl2NO3/c13-17-12(18-14)11-3-1-10(2-4-11)9-15-5-7-16-8-6-15/h1-4H,5-9H2. The predicted octanol–water partition coefficient (Wildman–Crippen LogP) is 1.55. The Labute approximate surface area is 117 Å². The van der Waals surface area contributed by atoms with Gasteiger partial charge >= 0.3 is 7.12 Å². The molecule has 0 bridgehead atoms. The van der Waals surface area contributed by atoms with Gasteiger partial charge in [-0.1, -0.05) is 24.3 Å². The van der Waals surface area contributed by atoms with E-state index in [1.807, 2.05) is 24.3 Å². The van der Waals surface area contributed by atoms with E-state index in [2.05, 4.69) is 13.3 Å². The third-order valence-corrected chi connectivity index (χ3v) is 3.25. The summed E-state index contributed by atoms with van der Waals surface area (Å²) in [7, 11) is -0.745. The van der Waals surface area contributed by atoms with Crippen LogP contribution in [0.2, 0.25) is 0 Å². The van der Waals surface area contributed by atoms with Crippen molar-refractivity contribution in [1.29, 1.82) is 0 Å². The fourth-order valence-corrected chi connectivity index (χ4v) is 2.23. The Bertz CT molecular complexity index is 356. The van der Waals surface area contributed by atoms with E-state index in [-0.39, 0.29) is 0 Å². The lowest BCUT2D eigenvalue weighted by atomic mass is 9.80. The molecule has 18 heavy (non-hydrogen) atoms. The molecule has 0 aliphatic carbocycles. The minimum Gasteiger partial charge on any atom is -0.379 e. The highest BCUT2D eigenvalue weighted by Gasteiger charge is 2.21. The van der Waals surface area contributed by atoms with E-state index in [9.17, 15) is 0 Å². The van der Waals surface area contributed by atoms with Gasteiger partial charge < -0.3 is 13.2 Å². The zero-order chi connectivity index (χ0) is 12.8. The highest BCUT2D eigenvalue weighted by atomic mass is 35.5. The molecular weight excluding hydrogens is 276 g/mol. The molecule has 0 spiro atoms. The zero-order valence-electron chi connectivity index (χ0n) is 9.85. The van der Waals surface area contributed by atoms with Crippen LogP contribution in [0.15, 0.2) is 24.3 Å². The molecule has 0 amide bonds. The maximum Gasteiger partial charge on any atom is 0.527 e. The molecule has 1 aromatic rings. The number of morpholine rings is 1. The zero-order valence-corrected chi connectivity index (χ0v) is 11.4. The molecular formula is C11H14BCl2NO3. The molecule has 1 aliphatic rings. The van der Waals surface area contributed by atoms with Crippen molar-refractivity contribution in [3.63, 3.8) is 0 Å². The van der Waals surface area contributed by atoms with Gasteiger partial charge in [-0.15, -0.1) is 0 Å². The fourth-order valence-electron chi connectivity index (χ4n) is 1.91. The molecule has 1 heterocycles. The SMILES string of the molecule is ClOB(OCl)c1ccc(CN2CCOCC2)cc1. The summed E-state index contributed by atoms with van der Waals surface area (Å²) in [6.07, 6.45) is 0. The number of benzene rings is 1. The molecule has 0 saturated carbocycles. The number of hydrogen-bond acceptors (Lipinski definition) is 4. The number of ether oxygens (including phenoxy) is 1. The van der Waals surface area contributed by atoms with E-state index >= 15 is 0 Å². The van der Waals surface area contributed by atoms with Gasteiger partial charge in [0, 0.05) is 43.4 Å². The first-order chi connectivity index (χ1) is 8.83. The maximum atomic E-state index is 5.31. The van der Waals surface area contributed by atoms with Crippen LogP contribution in [0.5, 0.6) is 0 Å². The molecule has 2 rings (SSSR count). The summed E-state index contributed by atoms with van der Waals surface area (Å²) in [4.78, 5) is 2.35. The van der Waals surface area contributed by atoms with E-state index in [1.165, 1.54) is 5.56 Å². The second-order valence-corrected chi connectivity index (χ2v) is 4.50. The average molecular weight is 290 g/mol. The molecule has 0 radical (unpaired) electrons. The van der Waals surface area contributed by atoms with Gasteiger partial charge in [0.15, 0.2) is 0 Å². The van der Waals surface area contributed by atoms with Crippen molar-refractivity contribution in [2.24, 2.45) is 0 Å². The van der Waals surface area contributed by atoms with Crippen LogP contribution in [0.3, 0.4) is 0 Å². The van der Waals surface area contributed by atoms with E-state index in [0.717, 1.165) is 38.3 Å². The predicted molar refractivity (Wildman–Crippen MR) is 71.8 cm³/mol.